The first-order valence-corrected chi connectivity index (χ1v) is 4.02. The third kappa shape index (κ3) is 8.31. The van der Waals surface area contributed by atoms with Crippen LogP contribution >= 0.6 is 12.6 Å². The zero-order valence-corrected chi connectivity index (χ0v) is 7.04. The highest BCUT2D eigenvalue weighted by molar-refractivity contribution is 7.80. The van der Waals surface area contributed by atoms with Crippen LogP contribution < -0.4 is 0 Å². The summed E-state index contributed by atoms with van der Waals surface area (Å²) in [5.41, 5.74) is -0.0122. The Morgan fingerprint density at radius 2 is 2.11 bits per heavy atom. The van der Waals surface area contributed by atoms with Gasteiger partial charge in [-0.15, -0.1) is 0 Å². The molecule has 0 N–H and O–H groups in total. The summed E-state index contributed by atoms with van der Waals surface area (Å²) >= 11 is 4.81. The fourth-order valence-corrected chi connectivity index (χ4v) is 0.698. The Labute approximate surface area is 63.2 Å². The van der Waals surface area contributed by atoms with Crippen LogP contribution in [0.1, 0.15) is 33.1 Å². The van der Waals surface area contributed by atoms with Crippen LogP contribution in [0.25, 0.3) is 0 Å². The maximum absolute atomic E-state index is 5.16. The molecule has 1 radical (unpaired) electrons. The summed E-state index contributed by atoms with van der Waals surface area (Å²) < 4.78 is 5.16. The quantitative estimate of drug-likeness (QED) is 0.543. The van der Waals surface area contributed by atoms with E-state index in [4.69, 9.17) is 17.4 Å². The van der Waals surface area contributed by atoms with E-state index in [0.717, 1.165) is 13.0 Å². The highest BCUT2D eigenvalue weighted by Crippen LogP contribution is 1.99. The second kappa shape index (κ2) is 6.43. The maximum atomic E-state index is 5.16. The van der Waals surface area contributed by atoms with Gasteiger partial charge in [0.25, 0.3) is 0 Å². The topological polar surface area (TPSA) is 9.23 Å². The van der Waals surface area contributed by atoms with E-state index >= 15 is 0 Å². The lowest BCUT2D eigenvalue weighted by Gasteiger charge is -2.03. The number of hydrogen-bond acceptors (Lipinski definition) is 1. The molecule has 9 heavy (non-hydrogen) atoms. The van der Waals surface area contributed by atoms with E-state index in [1.54, 1.807) is 0 Å². The van der Waals surface area contributed by atoms with Crippen LogP contribution in [-0.4, -0.2) is 12.0 Å². The van der Waals surface area contributed by atoms with Gasteiger partial charge in [0.1, 0.15) is 5.44 Å². The first-order valence-electron chi connectivity index (χ1n) is 3.54. The number of ether oxygens (including phenoxy) is 1. The molecule has 0 aliphatic rings. The van der Waals surface area contributed by atoms with Gasteiger partial charge in [-0.1, -0.05) is 32.4 Å². The van der Waals surface area contributed by atoms with Crippen molar-refractivity contribution in [2.45, 2.75) is 38.5 Å². The normalized spacial score (nSPS) is 13.7. The summed E-state index contributed by atoms with van der Waals surface area (Å²) in [4.78, 5) is 0. The molecule has 1 unspecified atom stereocenters. The second-order valence-electron chi connectivity index (χ2n) is 2.15. The molecule has 0 aromatic heterocycles. The first-order chi connectivity index (χ1) is 4.27. The van der Waals surface area contributed by atoms with Gasteiger partial charge < -0.3 is 4.74 Å². The van der Waals surface area contributed by atoms with Gasteiger partial charge in [-0.25, -0.2) is 0 Å². The third-order valence-electron chi connectivity index (χ3n) is 1.10. The molecule has 0 rings (SSSR count). The molecule has 0 aromatic carbocycles. The van der Waals surface area contributed by atoms with E-state index in [0.29, 0.717) is 0 Å². The Morgan fingerprint density at radius 1 is 1.44 bits per heavy atom. The molecule has 0 aromatic rings. The van der Waals surface area contributed by atoms with Crippen molar-refractivity contribution in [1.29, 1.82) is 0 Å². The maximum Gasteiger partial charge on any atom is 0.110 e. The number of unbranched alkanes of at least 4 members (excludes halogenated alkanes) is 2. The fourth-order valence-electron chi connectivity index (χ4n) is 0.601. The van der Waals surface area contributed by atoms with Crippen LogP contribution in [0.4, 0.5) is 0 Å². The van der Waals surface area contributed by atoms with Gasteiger partial charge in [0.2, 0.25) is 0 Å². The smallest absolute Gasteiger partial charge is 0.110 e. The van der Waals surface area contributed by atoms with Crippen LogP contribution in [0.5, 0.6) is 0 Å². The Balaban J connectivity index is 2.75. The van der Waals surface area contributed by atoms with Crippen LogP contribution in [0.3, 0.4) is 0 Å². The van der Waals surface area contributed by atoms with Gasteiger partial charge >= 0.3 is 0 Å². The van der Waals surface area contributed by atoms with E-state index in [1.165, 1.54) is 12.8 Å². The van der Waals surface area contributed by atoms with Crippen molar-refractivity contribution in [3.05, 3.63) is 0 Å². The first kappa shape index (κ1) is 9.31. The summed E-state index contributed by atoms with van der Waals surface area (Å²) in [5.74, 6) is 0. The highest BCUT2D eigenvalue weighted by atomic mass is 32.1. The molecule has 2 heteroatoms. The minimum Gasteiger partial charge on any atom is -0.367 e. The molecule has 55 valence electrons. The van der Waals surface area contributed by atoms with Crippen molar-refractivity contribution in [2.24, 2.45) is 0 Å². The Morgan fingerprint density at radius 3 is 2.56 bits per heavy atom. The van der Waals surface area contributed by atoms with Crippen molar-refractivity contribution in [2.75, 3.05) is 6.61 Å². The van der Waals surface area contributed by atoms with Crippen molar-refractivity contribution in [3.63, 3.8) is 0 Å². The lowest BCUT2D eigenvalue weighted by atomic mass is 10.3. The molecule has 0 aliphatic heterocycles. The van der Waals surface area contributed by atoms with Crippen molar-refractivity contribution in [3.8, 4) is 0 Å². The molecule has 0 bridgehead atoms. The fraction of sp³-hybridized carbons (Fsp3) is 1.00. The molecule has 0 saturated carbocycles. The minimum atomic E-state index is -0.0122. The van der Waals surface area contributed by atoms with Crippen molar-refractivity contribution in [1.82, 2.24) is 0 Å². The van der Waals surface area contributed by atoms with Crippen LogP contribution in [0.2, 0.25) is 0 Å². The molecule has 1 nitrogen and oxygen atoms in total. The largest absolute Gasteiger partial charge is 0.367 e. The standard InChI is InChI=1S/C7H15OS/c1-3-4-5-6-8-7(2)9/h7H,3-6H2,1-2H3. The van der Waals surface area contributed by atoms with Gasteiger partial charge in [-0.2, -0.15) is 0 Å². The van der Waals surface area contributed by atoms with Crippen molar-refractivity contribution >= 4 is 12.6 Å². The molecule has 0 fully saturated rings. The summed E-state index contributed by atoms with van der Waals surface area (Å²) in [6, 6.07) is 0. The zero-order valence-electron chi connectivity index (χ0n) is 6.22. The SMILES string of the molecule is CCCCCOC(C)[S]. The van der Waals surface area contributed by atoms with Crippen LogP contribution in [0, 0.1) is 0 Å². The summed E-state index contributed by atoms with van der Waals surface area (Å²) in [5, 5.41) is 0. The molecular weight excluding hydrogens is 132 g/mol. The van der Waals surface area contributed by atoms with Gasteiger partial charge in [0.05, 0.1) is 0 Å². The molecule has 0 saturated heterocycles. The summed E-state index contributed by atoms with van der Waals surface area (Å²) in [6.07, 6.45) is 3.65. The summed E-state index contributed by atoms with van der Waals surface area (Å²) in [7, 11) is 0. The molecule has 0 spiro atoms. The molecule has 0 heterocycles. The van der Waals surface area contributed by atoms with Crippen LogP contribution in [0.15, 0.2) is 0 Å². The average molecular weight is 147 g/mol. The van der Waals surface area contributed by atoms with E-state index in [1.807, 2.05) is 6.92 Å². The predicted octanol–water partition coefficient (Wildman–Crippen LogP) is 2.74. The Bertz CT molecular complexity index is 54.9. The third-order valence-corrected chi connectivity index (χ3v) is 1.24. The predicted molar refractivity (Wildman–Crippen MR) is 42.5 cm³/mol. The number of hydrogen-bond donors (Lipinski definition) is 0. The Hall–Kier alpha value is 0.310. The Kier molecular flexibility index (Phi) is 6.65. The van der Waals surface area contributed by atoms with Crippen molar-refractivity contribution < 1.29 is 4.74 Å². The van der Waals surface area contributed by atoms with Gasteiger partial charge in [-0.05, 0) is 13.3 Å². The van der Waals surface area contributed by atoms with E-state index in [2.05, 4.69) is 6.92 Å². The van der Waals surface area contributed by atoms with Crippen LogP contribution in [-0.2, 0) is 4.74 Å². The lowest BCUT2D eigenvalue weighted by molar-refractivity contribution is 0.121. The summed E-state index contributed by atoms with van der Waals surface area (Å²) in [6.45, 7) is 4.90. The molecule has 1 atom stereocenters. The number of rotatable bonds is 5. The molecule has 0 amide bonds. The highest BCUT2D eigenvalue weighted by Gasteiger charge is 1.92. The van der Waals surface area contributed by atoms with E-state index in [9.17, 15) is 0 Å². The second-order valence-corrected chi connectivity index (χ2v) is 2.81. The van der Waals surface area contributed by atoms with E-state index < -0.39 is 0 Å². The van der Waals surface area contributed by atoms with E-state index in [-0.39, 0.29) is 5.44 Å². The zero-order chi connectivity index (χ0) is 7.11. The minimum absolute atomic E-state index is 0.0122. The average Bonchev–Trinajstić information content (AvgIpc) is 1.80. The van der Waals surface area contributed by atoms with Gasteiger partial charge in [0, 0.05) is 6.61 Å². The molecule has 0 aliphatic carbocycles. The van der Waals surface area contributed by atoms with Gasteiger partial charge in [0.15, 0.2) is 0 Å². The molecular formula is C7H15OS. The lowest BCUT2D eigenvalue weighted by Crippen LogP contribution is -2.00. The van der Waals surface area contributed by atoms with Gasteiger partial charge in [-0.3, -0.25) is 0 Å². The monoisotopic (exact) mass is 147 g/mol.